The molecule has 2 heterocycles. The van der Waals surface area contributed by atoms with Gasteiger partial charge in [0, 0.05) is 19.3 Å². The number of β-amino-alcohol motifs (C(OH)–C–C–N with tert-alkyl or cyclic N) is 1. The van der Waals surface area contributed by atoms with Gasteiger partial charge in [-0.1, -0.05) is 13.8 Å². The molecule has 0 aliphatic carbocycles. The summed E-state index contributed by atoms with van der Waals surface area (Å²) in [4.78, 5) is 6.53. The minimum Gasteiger partial charge on any atom is -0.490 e. The summed E-state index contributed by atoms with van der Waals surface area (Å²) in [6.07, 6.45) is 3.47. The van der Waals surface area contributed by atoms with E-state index in [2.05, 4.69) is 23.7 Å². The van der Waals surface area contributed by atoms with Crippen molar-refractivity contribution in [1.82, 2.24) is 4.98 Å². The van der Waals surface area contributed by atoms with Crippen LogP contribution >= 0.6 is 0 Å². The van der Waals surface area contributed by atoms with E-state index in [0.29, 0.717) is 19.1 Å². The van der Waals surface area contributed by atoms with Crippen molar-refractivity contribution in [2.45, 2.75) is 32.8 Å². The van der Waals surface area contributed by atoms with Crippen LogP contribution in [0.2, 0.25) is 0 Å². The van der Waals surface area contributed by atoms with Crippen LogP contribution in [0.1, 0.15) is 26.7 Å². The molecule has 1 saturated heterocycles. The molecule has 4 nitrogen and oxygen atoms in total. The fraction of sp³-hybridized carbons (Fsp3) is 0.643. The molecule has 18 heavy (non-hydrogen) atoms. The monoisotopic (exact) mass is 250 g/mol. The second-order valence-electron chi connectivity index (χ2n) is 4.95. The first-order chi connectivity index (χ1) is 8.72. The average molecular weight is 250 g/mol. The Morgan fingerprint density at radius 1 is 1.56 bits per heavy atom. The number of ether oxygens (including phenoxy) is 1. The normalized spacial score (nSPS) is 24.1. The number of hydrogen-bond acceptors (Lipinski definition) is 4. The number of anilines is 1. The largest absolute Gasteiger partial charge is 0.490 e. The van der Waals surface area contributed by atoms with Gasteiger partial charge < -0.3 is 14.7 Å². The molecule has 1 N–H and O–H groups in total. The zero-order valence-electron chi connectivity index (χ0n) is 11.2. The van der Waals surface area contributed by atoms with E-state index in [1.807, 2.05) is 12.1 Å². The van der Waals surface area contributed by atoms with Crippen LogP contribution in [0, 0.1) is 5.92 Å². The quantitative estimate of drug-likeness (QED) is 0.888. The van der Waals surface area contributed by atoms with Gasteiger partial charge in [0.1, 0.15) is 0 Å². The van der Waals surface area contributed by atoms with Crippen molar-refractivity contribution in [2.24, 2.45) is 5.92 Å². The van der Waals surface area contributed by atoms with E-state index in [-0.39, 0.29) is 6.10 Å². The molecule has 2 rings (SSSR count). The number of piperidine rings is 1. The Bertz CT molecular complexity index is 384. The lowest BCUT2D eigenvalue weighted by atomic mass is 9.96. The number of hydrogen-bond donors (Lipinski definition) is 1. The highest BCUT2D eigenvalue weighted by atomic mass is 16.5. The van der Waals surface area contributed by atoms with Crippen molar-refractivity contribution in [1.29, 1.82) is 0 Å². The first-order valence-corrected chi connectivity index (χ1v) is 6.73. The average Bonchev–Trinajstić information content (AvgIpc) is 2.40. The first-order valence-electron chi connectivity index (χ1n) is 6.73. The van der Waals surface area contributed by atoms with Crippen molar-refractivity contribution >= 4 is 5.82 Å². The molecule has 1 aliphatic rings. The summed E-state index contributed by atoms with van der Waals surface area (Å²) >= 11 is 0. The Balaban J connectivity index is 2.12. The second-order valence-corrected chi connectivity index (χ2v) is 4.95. The van der Waals surface area contributed by atoms with Crippen LogP contribution in [-0.4, -0.2) is 35.9 Å². The van der Waals surface area contributed by atoms with Crippen LogP contribution in [-0.2, 0) is 0 Å². The molecule has 1 aliphatic heterocycles. The summed E-state index contributed by atoms with van der Waals surface area (Å²) in [5.74, 6) is 2.04. The molecule has 1 aromatic heterocycles. The minimum absolute atomic E-state index is 0.278. The van der Waals surface area contributed by atoms with Gasteiger partial charge in [-0.2, -0.15) is 0 Å². The highest BCUT2D eigenvalue weighted by Gasteiger charge is 2.26. The maximum Gasteiger partial charge on any atom is 0.171 e. The Morgan fingerprint density at radius 2 is 2.39 bits per heavy atom. The molecule has 100 valence electrons. The topological polar surface area (TPSA) is 45.6 Å². The molecule has 0 spiro atoms. The number of rotatable bonds is 4. The maximum absolute atomic E-state index is 9.97. The van der Waals surface area contributed by atoms with E-state index >= 15 is 0 Å². The number of aliphatic hydroxyl groups is 1. The SMILES string of the molecule is CCCOc1cccnc1N1CCC(C)C(O)C1. The van der Waals surface area contributed by atoms with E-state index in [9.17, 15) is 5.11 Å². The van der Waals surface area contributed by atoms with Crippen molar-refractivity contribution in [3.05, 3.63) is 18.3 Å². The third-order valence-corrected chi connectivity index (χ3v) is 3.43. The highest BCUT2D eigenvalue weighted by Crippen LogP contribution is 2.29. The van der Waals surface area contributed by atoms with Gasteiger partial charge in [0.2, 0.25) is 0 Å². The molecular weight excluding hydrogens is 228 g/mol. The summed E-state index contributed by atoms with van der Waals surface area (Å²) in [7, 11) is 0. The van der Waals surface area contributed by atoms with E-state index in [1.54, 1.807) is 6.20 Å². The molecule has 1 aromatic rings. The maximum atomic E-state index is 9.97. The van der Waals surface area contributed by atoms with E-state index < -0.39 is 0 Å². The van der Waals surface area contributed by atoms with Gasteiger partial charge in [-0.25, -0.2) is 4.98 Å². The van der Waals surface area contributed by atoms with Crippen molar-refractivity contribution in [3.63, 3.8) is 0 Å². The molecule has 0 radical (unpaired) electrons. The lowest BCUT2D eigenvalue weighted by Gasteiger charge is -2.35. The summed E-state index contributed by atoms with van der Waals surface area (Å²) in [6, 6.07) is 3.83. The van der Waals surface area contributed by atoms with Crippen LogP contribution in [0.5, 0.6) is 5.75 Å². The predicted octanol–water partition coefficient (Wildman–Crippen LogP) is 2.08. The second kappa shape index (κ2) is 6.05. The summed E-state index contributed by atoms with van der Waals surface area (Å²) in [6.45, 7) is 6.45. The Kier molecular flexibility index (Phi) is 4.42. The van der Waals surface area contributed by atoms with E-state index in [4.69, 9.17) is 4.74 Å². The van der Waals surface area contributed by atoms with E-state index in [0.717, 1.165) is 31.0 Å². The number of aliphatic hydroxyl groups excluding tert-OH is 1. The van der Waals surface area contributed by atoms with E-state index in [1.165, 1.54) is 0 Å². The Morgan fingerprint density at radius 3 is 3.11 bits per heavy atom. The first kappa shape index (κ1) is 13.1. The van der Waals surface area contributed by atoms with Crippen LogP contribution in [0.3, 0.4) is 0 Å². The van der Waals surface area contributed by atoms with Crippen molar-refractivity contribution in [2.75, 3.05) is 24.6 Å². The van der Waals surface area contributed by atoms with Gasteiger partial charge >= 0.3 is 0 Å². The fourth-order valence-corrected chi connectivity index (χ4v) is 2.19. The van der Waals surface area contributed by atoms with Gasteiger partial charge in [0.05, 0.1) is 12.7 Å². The zero-order chi connectivity index (χ0) is 13.0. The Labute approximate surface area is 109 Å². The van der Waals surface area contributed by atoms with Crippen LogP contribution in [0.15, 0.2) is 18.3 Å². The highest BCUT2D eigenvalue weighted by molar-refractivity contribution is 5.52. The van der Waals surface area contributed by atoms with Crippen LogP contribution in [0.4, 0.5) is 5.82 Å². The third-order valence-electron chi connectivity index (χ3n) is 3.43. The molecular formula is C14H22N2O2. The Hall–Kier alpha value is -1.29. The number of nitrogens with zero attached hydrogens (tertiary/aromatic N) is 2. The zero-order valence-corrected chi connectivity index (χ0v) is 11.2. The molecule has 0 bridgehead atoms. The third kappa shape index (κ3) is 2.93. The molecule has 0 amide bonds. The summed E-state index contributed by atoms with van der Waals surface area (Å²) in [5, 5.41) is 9.97. The predicted molar refractivity (Wildman–Crippen MR) is 72.0 cm³/mol. The van der Waals surface area contributed by atoms with Gasteiger partial charge in [0.25, 0.3) is 0 Å². The smallest absolute Gasteiger partial charge is 0.171 e. The fourth-order valence-electron chi connectivity index (χ4n) is 2.19. The van der Waals surface area contributed by atoms with Crippen LogP contribution < -0.4 is 9.64 Å². The summed E-state index contributed by atoms with van der Waals surface area (Å²) in [5.41, 5.74) is 0. The molecule has 0 saturated carbocycles. The summed E-state index contributed by atoms with van der Waals surface area (Å²) < 4.78 is 5.72. The lowest BCUT2D eigenvalue weighted by Crippen LogP contribution is -2.43. The van der Waals surface area contributed by atoms with Crippen molar-refractivity contribution in [3.8, 4) is 5.75 Å². The van der Waals surface area contributed by atoms with Gasteiger partial charge in [-0.15, -0.1) is 0 Å². The molecule has 4 heteroatoms. The van der Waals surface area contributed by atoms with Gasteiger partial charge in [-0.05, 0) is 30.9 Å². The van der Waals surface area contributed by atoms with Gasteiger partial charge in [0.15, 0.2) is 11.6 Å². The van der Waals surface area contributed by atoms with Crippen molar-refractivity contribution < 1.29 is 9.84 Å². The van der Waals surface area contributed by atoms with Crippen LogP contribution in [0.25, 0.3) is 0 Å². The molecule has 2 unspecified atom stereocenters. The molecule has 2 atom stereocenters. The standard InChI is InChI=1S/C14H22N2O2/c1-3-9-18-13-5-4-7-15-14(13)16-8-6-11(2)12(17)10-16/h4-5,7,11-12,17H,3,6,8-10H2,1-2H3. The lowest BCUT2D eigenvalue weighted by molar-refractivity contribution is 0.102. The number of pyridine rings is 1. The van der Waals surface area contributed by atoms with Gasteiger partial charge in [-0.3, -0.25) is 0 Å². The molecule has 0 aromatic carbocycles. The molecule has 1 fully saturated rings. The number of aromatic nitrogens is 1. The minimum atomic E-state index is -0.278.